The molecule has 0 aliphatic carbocycles. The normalized spacial score (nSPS) is 10.8. The second kappa shape index (κ2) is 5.73. The van der Waals surface area contributed by atoms with E-state index in [4.69, 9.17) is 0 Å². The van der Waals surface area contributed by atoms with Gasteiger partial charge in [0.05, 0.1) is 11.9 Å². The fourth-order valence-corrected chi connectivity index (χ4v) is 1.94. The van der Waals surface area contributed by atoms with Gasteiger partial charge in [-0.05, 0) is 26.8 Å². The number of aryl methyl sites for hydroxylation is 1. The molecule has 0 aliphatic rings. The summed E-state index contributed by atoms with van der Waals surface area (Å²) in [5, 5.41) is 7.94. The minimum absolute atomic E-state index is 0.764. The van der Waals surface area contributed by atoms with Crippen molar-refractivity contribution in [3.8, 4) is 5.82 Å². The average molecular weight is 245 g/mol. The maximum Gasteiger partial charge on any atom is 0.172 e. The molecule has 0 radical (unpaired) electrons. The van der Waals surface area contributed by atoms with Gasteiger partial charge in [-0.2, -0.15) is 5.10 Å². The first-order valence-electron chi connectivity index (χ1n) is 6.26. The molecular formula is C13H19N5. The first-order chi connectivity index (χ1) is 8.74. The number of hydrogen-bond donors (Lipinski definition) is 1. The van der Waals surface area contributed by atoms with Crippen molar-refractivity contribution < 1.29 is 0 Å². The maximum absolute atomic E-state index is 4.53. The molecule has 0 amide bonds. The lowest BCUT2D eigenvalue weighted by Gasteiger charge is -2.05. The third-order valence-corrected chi connectivity index (χ3v) is 2.94. The summed E-state index contributed by atoms with van der Waals surface area (Å²) in [5.41, 5.74) is 3.41. The molecule has 5 nitrogen and oxygen atoms in total. The van der Waals surface area contributed by atoms with Crippen molar-refractivity contribution >= 4 is 0 Å². The van der Waals surface area contributed by atoms with Crippen LogP contribution in [0.2, 0.25) is 0 Å². The number of aromatic nitrogens is 4. The molecule has 0 aliphatic heterocycles. The van der Waals surface area contributed by atoms with Crippen LogP contribution in [0.5, 0.6) is 0 Å². The van der Waals surface area contributed by atoms with Crippen LogP contribution in [0.1, 0.15) is 30.3 Å². The van der Waals surface area contributed by atoms with Gasteiger partial charge in [-0.3, -0.25) is 4.98 Å². The van der Waals surface area contributed by atoms with Gasteiger partial charge >= 0.3 is 0 Å². The SMILES string of the molecule is CCCNCc1c(C)nn(-c2cnccn2)c1C. The third kappa shape index (κ3) is 2.56. The zero-order valence-corrected chi connectivity index (χ0v) is 11.1. The third-order valence-electron chi connectivity index (χ3n) is 2.94. The number of hydrogen-bond acceptors (Lipinski definition) is 4. The molecular weight excluding hydrogens is 226 g/mol. The van der Waals surface area contributed by atoms with E-state index in [1.165, 1.54) is 5.56 Å². The molecule has 0 saturated heterocycles. The van der Waals surface area contributed by atoms with E-state index in [2.05, 4.69) is 34.2 Å². The minimum atomic E-state index is 0.764. The monoisotopic (exact) mass is 245 g/mol. The fraction of sp³-hybridized carbons (Fsp3) is 0.462. The van der Waals surface area contributed by atoms with E-state index in [0.717, 1.165) is 36.7 Å². The van der Waals surface area contributed by atoms with Crippen LogP contribution >= 0.6 is 0 Å². The Bertz CT molecular complexity index is 504. The van der Waals surface area contributed by atoms with E-state index in [1.54, 1.807) is 18.6 Å². The molecule has 0 aromatic carbocycles. The topological polar surface area (TPSA) is 55.6 Å². The van der Waals surface area contributed by atoms with Gasteiger partial charge in [-0.1, -0.05) is 6.92 Å². The molecule has 2 aromatic heterocycles. The van der Waals surface area contributed by atoms with E-state index in [0.29, 0.717) is 0 Å². The molecule has 0 fully saturated rings. The summed E-state index contributed by atoms with van der Waals surface area (Å²) in [5.74, 6) is 0.764. The largest absolute Gasteiger partial charge is 0.313 e. The van der Waals surface area contributed by atoms with Crippen molar-refractivity contribution in [2.75, 3.05) is 6.54 Å². The van der Waals surface area contributed by atoms with Crippen LogP contribution < -0.4 is 5.32 Å². The Morgan fingerprint density at radius 3 is 2.78 bits per heavy atom. The van der Waals surface area contributed by atoms with E-state index < -0.39 is 0 Å². The second-order valence-corrected chi connectivity index (χ2v) is 4.30. The van der Waals surface area contributed by atoms with Crippen molar-refractivity contribution in [3.63, 3.8) is 0 Å². The molecule has 5 heteroatoms. The highest BCUT2D eigenvalue weighted by atomic mass is 15.3. The van der Waals surface area contributed by atoms with Crippen LogP contribution in [0.4, 0.5) is 0 Å². The Hall–Kier alpha value is -1.75. The predicted molar refractivity (Wildman–Crippen MR) is 70.6 cm³/mol. The molecule has 0 spiro atoms. The molecule has 2 rings (SSSR count). The number of rotatable bonds is 5. The quantitative estimate of drug-likeness (QED) is 0.816. The lowest BCUT2D eigenvalue weighted by molar-refractivity contribution is 0.670. The van der Waals surface area contributed by atoms with Crippen LogP contribution in [0.25, 0.3) is 5.82 Å². The highest BCUT2D eigenvalue weighted by Gasteiger charge is 2.12. The number of nitrogens with zero attached hydrogens (tertiary/aromatic N) is 4. The summed E-state index contributed by atoms with van der Waals surface area (Å²) in [6.07, 6.45) is 6.21. The highest BCUT2D eigenvalue weighted by molar-refractivity contribution is 5.30. The lowest BCUT2D eigenvalue weighted by Crippen LogP contribution is -2.15. The average Bonchev–Trinajstić information content (AvgIpc) is 2.68. The van der Waals surface area contributed by atoms with Crippen molar-refractivity contribution in [2.24, 2.45) is 0 Å². The van der Waals surface area contributed by atoms with Gasteiger partial charge < -0.3 is 5.32 Å². The van der Waals surface area contributed by atoms with Crippen molar-refractivity contribution in [1.82, 2.24) is 25.1 Å². The van der Waals surface area contributed by atoms with E-state index in [-0.39, 0.29) is 0 Å². The van der Waals surface area contributed by atoms with Crippen molar-refractivity contribution in [1.29, 1.82) is 0 Å². The van der Waals surface area contributed by atoms with Crippen molar-refractivity contribution in [2.45, 2.75) is 33.7 Å². The summed E-state index contributed by atoms with van der Waals surface area (Å²) < 4.78 is 1.85. The Morgan fingerprint density at radius 1 is 1.28 bits per heavy atom. The molecule has 18 heavy (non-hydrogen) atoms. The first kappa shape index (κ1) is 12.7. The van der Waals surface area contributed by atoms with Gasteiger partial charge in [0.1, 0.15) is 0 Å². The Labute approximate surface area is 107 Å². The van der Waals surface area contributed by atoms with Gasteiger partial charge in [0.15, 0.2) is 5.82 Å². The molecule has 0 atom stereocenters. The predicted octanol–water partition coefficient (Wildman–Crippen LogP) is 1.78. The molecule has 0 bridgehead atoms. The maximum atomic E-state index is 4.53. The van der Waals surface area contributed by atoms with Gasteiger partial charge in [-0.25, -0.2) is 9.67 Å². The van der Waals surface area contributed by atoms with E-state index in [9.17, 15) is 0 Å². The number of nitrogens with one attached hydrogen (secondary N) is 1. The molecule has 0 unspecified atom stereocenters. The van der Waals surface area contributed by atoms with Crippen LogP contribution in [-0.4, -0.2) is 26.3 Å². The van der Waals surface area contributed by atoms with Crippen molar-refractivity contribution in [3.05, 3.63) is 35.5 Å². The van der Waals surface area contributed by atoms with Crippen LogP contribution in [0.3, 0.4) is 0 Å². The second-order valence-electron chi connectivity index (χ2n) is 4.30. The summed E-state index contributed by atoms with van der Waals surface area (Å²) in [7, 11) is 0. The highest BCUT2D eigenvalue weighted by Crippen LogP contribution is 2.15. The van der Waals surface area contributed by atoms with E-state index >= 15 is 0 Å². The summed E-state index contributed by atoms with van der Waals surface area (Å²) in [6, 6.07) is 0. The fourth-order valence-electron chi connectivity index (χ4n) is 1.94. The zero-order chi connectivity index (χ0) is 13.0. The van der Waals surface area contributed by atoms with Gasteiger partial charge in [-0.15, -0.1) is 0 Å². The minimum Gasteiger partial charge on any atom is -0.313 e. The summed E-state index contributed by atoms with van der Waals surface area (Å²) >= 11 is 0. The van der Waals surface area contributed by atoms with Gasteiger partial charge in [0, 0.05) is 30.2 Å². The lowest BCUT2D eigenvalue weighted by atomic mass is 10.2. The molecule has 2 heterocycles. The zero-order valence-electron chi connectivity index (χ0n) is 11.1. The summed E-state index contributed by atoms with van der Waals surface area (Å²) in [6.45, 7) is 8.14. The standard InChI is InChI=1S/C13H19N5/c1-4-5-14-8-12-10(2)17-18(11(12)3)13-9-15-6-7-16-13/h6-7,9,14H,4-5,8H2,1-3H3. The Morgan fingerprint density at radius 2 is 2.11 bits per heavy atom. The molecule has 1 N–H and O–H groups in total. The Kier molecular flexibility index (Phi) is 4.04. The van der Waals surface area contributed by atoms with Crippen LogP contribution in [-0.2, 0) is 6.54 Å². The molecule has 96 valence electrons. The first-order valence-corrected chi connectivity index (χ1v) is 6.26. The van der Waals surface area contributed by atoms with E-state index in [1.807, 2.05) is 11.6 Å². The molecule has 2 aromatic rings. The molecule has 0 saturated carbocycles. The van der Waals surface area contributed by atoms with Crippen LogP contribution in [0.15, 0.2) is 18.6 Å². The Balaban J connectivity index is 2.26. The summed E-state index contributed by atoms with van der Waals surface area (Å²) in [4.78, 5) is 8.36. The smallest absolute Gasteiger partial charge is 0.172 e. The van der Waals surface area contributed by atoms with Gasteiger partial charge in [0.25, 0.3) is 0 Å². The van der Waals surface area contributed by atoms with Crippen LogP contribution in [0, 0.1) is 13.8 Å². The van der Waals surface area contributed by atoms with Gasteiger partial charge in [0.2, 0.25) is 0 Å².